The van der Waals surface area contributed by atoms with Gasteiger partial charge in [0.25, 0.3) is 0 Å². The van der Waals surface area contributed by atoms with Crippen LogP contribution in [0.2, 0.25) is 10.0 Å². The van der Waals surface area contributed by atoms with Crippen molar-refractivity contribution in [2.75, 3.05) is 7.11 Å². The molecule has 1 saturated carbocycles. The Morgan fingerprint density at radius 2 is 1.89 bits per heavy atom. The Kier molecular flexibility index (Phi) is 4.61. The van der Waals surface area contributed by atoms with Gasteiger partial charge in [0.1, 0.15) is 4.90 Å². The Bertz CT molecular complexity index is 569. The van der Waals surface area contributed by atoms with Crippen molar-refractivity contribution in [3.63, 3.8) is 0 Å². The first-order valence-corrected chi connectivity index (χ1v) is 8.23. The van der Waals surface area contributed by atoms with Gasteiger partial charge in [-0.1, -0.05) is 36.0 Å². The molecule has 0 amide bonds. The summed E-state index contributed by atoms with van der Waals surface area (Å²) >= 11 is 11.8. The molecule has 1 fully saturated rings. The van der Waals surface area contributed by atoms with Gasteiger partial charge in [-0.25, -0.2) is 13.1 Å². The van der Waals surface area contributed by atoms with Crippen LogP contribution in [0.1, 0.15) is 25.7 Å². The van der Waals surface area contributed by atoms with Crippen molar-refractivity contribution < 1.29 is 13.2 Å². The first-order valence-electron chi connectivity index (χ1n) is 5.99. The number of methoxy groups -OCH3 is 1. The van der Waals surface area contributed by atoms with E-state index < -0.39 is 10.0 Å². The SMILES string of the molecule is COc1c(Cl)cc(Cl)cc1S(=O)(=O)NC1CCCC1. The summed E-state index contributed by atoms with van der Waals surface area (Å²) in [5, 5.41) is 0.444. The zero-order valence-corrected chi connectivity index (χ0v) is 12.8. The van der Waals surface area contributed by atoms with E-state index in [1.807, 2.05) is 0 Å². The van der Waals surface area contributed by atoms with E-state index in [-0.39, 0.29) is 26.7 Å². The van der Waals surface area contributed by atoms with Crippen molar-refractivity contribution in [1.82, 2.24) is 4.72 Å². The van der Waals surface area contributed by atoms with Gasteiger partial charge in [0, 0.05) is 11.1 Å². The van der Waals surface area contributed by atoms with Crippen LogP contribution < -0.4 is 9.46 Å². The van der Waals surface area contributed by atoms with Gasteiger partial charge >= 0.3 is 0 Å². The van der Waals surface area contributed by atoms with Gasteiger partial charge in [0.15, 0.2) is 5.75 Å². The van der Waals surface area contributed by atoms with Gasteiger partial charge in [-0.15, -0.1) is 0 Å². The molecule has 0 radical (unpaired) electrons. The molecule has 0 bridgehead atoms. The molecule has 1 N–H and O–H groups in total. The van der Waals surface area contributed by atoms with Gasteiger partial charge in [0.2, 0.25) is 10.0 Å². The Morgan fingerprint density at radius 1 is 1.26 bits per heavy atom. The normalized spacial score (nSPS) is 16.8. The molecule has 1 aromatic carbocycles. The Balaban J connectivity index is 2.38. The van der Waals surface area contributed by atoms with Crippen LogP contribution in [0.15, 0.2) is 17.0 Å². The molecule has 0 atom stereocenters. The molecule has 1 aliphatic carbocycles. The number of benzene rings is 1. The van der Waals surface area contributed by atoms with Gasteiger partial charge < -0.3 is 4.74 Å². The second-order valence-electron chi connectivity index (χ2n) is 4.52. The number of sulfonamides is 1. The van der Waals surface area contributed by atoms with Crippen LogP contribution in [0.5, 0.6) is 5.75 Å². The van der Waals surface area contributed by atoms with E-state index in [9.17, 15) is 8.42 Å². The summed E-state index contributed by atoms with van der Waals surface area (Å²) in [6, 6.07) is 2.78. The molecular weight excluding hydrogens is 309 g/mol. The Hall–Kier alpha value is -0.490. The van der Waals surface area contributed by atoms with Crippen molar-refractivity contribution in [3.8, 4) is 5.75 Å². The topological polar surface area (TPSA) is 55.4 Å². The summed E-state index contributed by atoms with van der Waals surface area (Å²) < 4.78 is 32.5. The minimum Gasteiger partial charge on any atom is -0.494 e. The van der Waals surface area contributed by atoms with E-state index in [2.05, 4.69) is 4.72 Å². The summed E-state index contributed by atoms with van der Waals surface area (Å²) in [5.41, 5.74) is 0. The molecular formula is C12H15Cl2NO3S. The molecule has 0 spiro atoms. The minimum atomic E-state index is -3.68. The second kappa shape index (κ2) is 5.87. The third kappa shape index (κ3) is 3.34. The predicted molar refractivity (Wildman–Crippen MR) is 75.6 cm³/mol. The van der Waals surface area contributed by atoms with E-state index in [4.69, 9.17) is 27.9 Å². The summed E-state index contributed by atoms with van der Waals surface area (Å²) in [6.45, 7) is 0. The molecule has 106 valence electrons. The fourth-order valence-corrected chi connectivity index (χ4v) is 4.47. The zero-order valence-electron chi connectivity index (χ0n) is 10.4. The van der Waals surface area contributed by atoms with Gasteiger partial charge in [-0.05, 0) is 25.0 Å². The van der Waals surface area contributed by atoms with E-state index in [0.29, 0.717) is 0 Å². The molecule has 19 heavy (non-hydrogen) atoms. The number of hydrogen-bond acceptors (Lipinski definition) is 3. The molecule has 1 aliphatic rings. The number of hydrogen-bond donors (Lipinski definition) is 1. The van der Waals surface area contributed by atoms with E-state index in [1.165, 1.54) is 19.2 Å². The summed E-state index contributed by atoms with van der Waals surface area (Å²) in [6.07, 6.45) is 3.80. The highest BCUT2D eigenvalue weighted by atomic mass is 35.5. The monoisotopic (exact) mass is 323 g/mol. The van der Waals surface area contributed by atoms with Crippen LogP contribution >= 0.6 is 23.2 Å². The molecule has 7 heteroatoms. The first kappa shape index (κ1) is 14.9. The largest absolute Gasteiger partial charge is 0.494 e. The standard InChI is InChI=1S/C12H15Cl2NO3S/c1-18-12-10(14)6-8(13)7-11(12)19(16,17)15-9-4-2-3-5-9/h6-7,9,15H,2-5H2,1H3. The summed E-state index contributed by atoms with van der Waals surface area (Å²) in [7, 11) is -2.30. The minimum absolute atomic E-state index is 0.0144. The van der Waals surface area contributed by atoms with Crippen LogP contribution in [-0.2, 0) is 10.0 Å². The third-order valence-electron chi connectivity index (χ3n) is 3.14. The lowest BCUT2D eigenvalue weighted by Gasteiger charge is -2.15. The average Bonchev–Trinajstić information content (AvgIpc) is 2.80. The maximum Gasteiger partial charge on any atom is 0.244 e. The predicted octanol–water partition coefficient (Wildman–Crippen LogP) is 3.22. The fraction of sp³-hybridized carbons (Fsp3) is 0.500. The number of ether oxygens (including phenoxy) is 1. The molecule has 0 aromatic heterocycles. The van der Waals surface area contributed by atoms with Crippen molar-refractivity contribution in [3.05, 3.63) is 22.2 Å². The van der Waals surface area contributed by atoms with E-state index in [0.717, 1.165) is 25.7 Å². The molecule has 4 nitrogen and oxygen atoms in total. The third-order valence-corrected chi connectivity index (χ3v) is 5.17. The lowest BCUT2D eigenvalue weighted by molar-refractivity contribution is 0.402. The smallest absolute Gasteiger partial charge is 0.244 e. The Labute approximate surface area is 123 Å². The van der Waals surface area contributed by atoms with Gasteiger partial charge in [0.05, 0.1) is 12.1 Å². The Morgan fingerprint density at radius 3 is 2.47 bits per heavy atom. The van der Waals surface area contributed by atoms with Crippen molar-refractivity contribution in [2.45, 2.75) is 36.6 Å². The van der Waals surface area contributed by atoms with Crippen molar-refractivity contribution >= 4 is 33.2 Å². The molecule has 2 rings (SSSR count). The molecule has 1 aromatic rings. The van der Waals surface area contributed by atoms with Crippen molar-refractivity contribution in [1.29, 1.82) is 0 Å². The second-order valence-corrected chi connectivity index (χ2v) is 7.05. The lowest BCUT2D eigenvalue weighted by atomic mass is 10.3. The lowest BCUT2D eigenvalue weighted by Crippen LogP contribution is -2.32. The molecule has 0 saturated heterocycles. The maximum absolute atomic E-state index is 12.4. The van der Waals surface area contributed by atoms with Gasteiger partial charge in [-0.3, -0.25) is 0 Å². The maximum atomic E-state index is 12.4. The average molecular weight is 324 g/mol. The number of halogens is 2. The summed E-state index contributed by atoms with van der Waals surface area (Å²) in [4.78, 5) is -0.0144. The van der Waals surface area contributed by atoms with Crippen LogP contribution in [0.25, 0.3) is 0 Å². The van der Waals surface area contributed by atoms with Crippen molar-refractivity contribution in [2.24, 2.45) is 0 Å². The van der Waals surface area contributed by atoms with Gasteiger partial charge in [-0.2, -0.15) is 0 Å². The van der Waals surface area contributed by atoms with Crippen LogP contribution in [0.3, 0.4) is 0 Å². The highest BCUT2D eigenvalue weighted by Gasteiger charge is 2.27. The highest BCUT2D eigenvalue weighted by Crippen LogP contribution is 2.35. The molecule has 0 unspecified atom stereocenters. The van der Waals surface area contributed by atoms with Crippen LogP contribution in [-0.4, -0.2) is 21.6 Å². The van der Waals surface area contributed by atoms with Crippen LogP contribution in [0, 0.1) is 0 Å². The van der Waals surface area contributed by atoms with E-state index in [1.54, 1.807) is 0 Å². The highest BCUT2D eigenvalue weighted by molar-refractivity contribution is 7.89. The zero-order chi connectivity index (χ0) is 14.0. The number of rotatable bonds is 4. The van der Waals surface area contributed by atoms with E-state index >= 15 is 0 Å². The fourth-order valence-electron chi connectivity index (χ4n) is 2.26. The quantitative estimate of drug-likeness (QED) is 0.925. The molecule has 0 heterocycles. The molecule has 0 aliphatic heterocycles. The first-order chi connectivity index (χ1) is 8.94. The summed E-state index contributed by atoms with van der Waals surface area (Å²) in [5.74, 6) is 0.122. The van der Waals surface area contributed by atoms with Crippen LogP contribution in [0.4, 0.5) is 0 Å². The number of nitrogens with one attached hydrogen (secondary N) is 1.